The number of hydrogen-bond acceptors (Lipinski definition) is 4. The maximum Gasteiger partial charge on any atom is 0.243 e. The molecule has 0 amide bonds. The van der Waals surface area contributed by atoms with Gasteiger partial charge in [-0.05, 0) is 37.2 Å². The highest BCUT2D eigenvalue weighted by Gasteiger charge is 2.54. The number of methoxy groups -OCH3 is 1. The van der Waals surface area contributed by atoms with E-state index >= 15 is 0 Å². The van der Waals surface area contributed by atoms with Crippen molar-refractivity contribution < 1.29 is 13.2 Å². The summed E-state index contributed by atoms with van der Waals surface area (Å²) in [6, 6.07) is 15.2. The average Bonchev–Trinajstić information content (AvgIpc) is 2.62. The van der Waals surface area contributed by atoms with Crippen LogP contribution in [-0.2, 0) is 14.8 Å². The molecule has 6 heteroatoms. The van der Waals surface area contributed by atoms with Crippen molar-refractivity contribution in [2.75, 3.05) is 40.3 Å². The van der Waals surface area contributed by atoms with Crippen LogP contribution in [0.3, 0.4) is 0 Å². The fourth-order valence-electron chi connectivity index (χ4n) is 4.34. The van der Waals surface area contributed by atoms with Gasteiger partial charge in [0, 0.05) is 44.3 Å². The predicted octanol–water partition coefficient (Wildman–Crippen LogP) is 3.00. The van der Waals surface area contributed by atoms with Gasteiger partial charge in [-0.3, -0.25) is 0 Å². The van der Waals surface area contributed by atoms with E-state index in [0.717, 1.165) is 29.8 Å². The van der Waals surface area contributed by atoms with E-state index in [1.807, 2.05) is 43.3 Å². The third kappa shape index (κ3) is 3.21. The van der Waals surface area contributed by atoms with E-state index in [1.165, 1.54) is 0 Å². The van der Waals surface area contributed by atoms with E-state index < -0.39 is 10.0 Å². The van der Waals surface area contributed by atoms with Gasteiger partial charge in [0.05, 0.1) is 11.0 Å². The van der Waals surface area contributed by atoms with Crippen LogP contribution in [0, 0.1) is 5.41 Å². The van der Waals surface area contributed by atoms with Gasteiger partial charge in [-0.2, -0.15) is 4.31 Å². The van der Waals surface area contributed by atoms with Gasteiger partial charge in [-0.15, -0.1) is 0 Å². The summed E-state index contributed by atoms with van der Waals surface area (Å²) in [4.78, 5) is 2.62. The summed E-state index contributed by atoms with van der Waals surface area (Å²) in [5.41, 5.74) is 2.84. The minimum absolute atomic E-state index is 0.0421. The molecule has 144 valence electrons. The summed E-state index contributed by atoms with van der Waals surface area (Å²) in [5.74, 6) is 0. The first-order chi connectivity index (χ1) is 12.8. The van der Waals surface area contributed by atoms with Crippen LogP contribution in [0.5, 0.6) is 0 Å². The van der Waals surface area contributed by atoms with Gasteiger partial charge in [0.1, 0.15) is 0 Å². The Hall–Kier alpha value is -1.73. The zero-order chi connectivity index (χ0) is 19.2. The van der Waals surface area contributed by atoms with Gasteiger partial charge in [-0.1, -0.05) is 36.4 Å². The molecule has 2 fully saturated rings. The van der Waals surface area contributed by atoms with Crippen molar-refractivity contribution in [2.24, 2.45) is 5.41 Å². The number of rotatable bonds is 5. The summed E-state index contributed by atoms with van der Waals surface area (Å²) in [6.07, 6.45) is -0.0421. The fourth-order valence-corrected chi connectivity index (χ4v) is 6.22. The summed E-state index contributed by atoms with van der Waals surface area (Å²) in [5, 5.41) is 0. The molecule has 4 rings (SSSR count). The van der Waals surface area contributed by atoms with Crippen LogP contribution < -0.4 is 0 Å². The molecule has 2 aromatic carbocycles. The smallest absolute Gasteiger partial charge is 0.243 e. The van der Waals surface area contributed by atoms with E-state index in [9.17, 15) is 8.42 Å². The van der Waals surface area contributed by atoms with Crippen molar-refractivity contribution in [3.05, 3.63) is 54.1 Å². The first-order valence-corrected chi connectivity index (χ1v) is 10.7. The zero-order valence-electron chi connectivity index (χ0n) is 16.1. The van der Waals surface area contributed by atoms with Crippen molar-refractivity contribution in [1.82, 2.24) is 9.21 Å². The van der Waals surface area contributed by atoms with Gasteiger partial charge in [0.2, 0.25) is 10.0 Å². The molecule has 0 aromatic heterocycles. The second-order valence-electron chi connectivity index (χ2n) is 7.94. The van der Waals surface area contributed by atoms with Gasteiger partial charge >= 0.3 is 0 Å². The molecule has 1 atom stereocenters. The van der Waals surface area contributed by atoms with E-state index in [0.29, 0.717) is 18.0 Å². The number of ether oxygens (including phenoxy) is 1. The zero-order valence-corrected chi connectivity index (χ0v) is 16.9. The molecule has 27 heavy (non-hydrogen) atoms. The van der Waals surface area contributed by atoms with Crippen molar-refractivity contribution in [2.45, 2.75) is 17.9 Å². The van der Waals surface area contributed by atoms with Gasteiger partial charge in [0.25, 0.3) is 0 Å². The molecule has 1 spiro atoms. The van der Waals surface area contributed by atoms with E-state index in [2.05, 4.69) is 11.9 Å². The highest BCUT2D eigenvalue weighted by atomic mass is 32.2. The molecular formula is C21H26N2O3S. The normalized spacial score (nSPS) is 20.9. The molecule has 0 N–H and O–H groups in total. The molecule has 2 heterocycles. The monoisotopic (exact) mass is 386 g/mol. The Morgan fingerprint density at radius 1 is 1.04 bits per heavy atom. The number of sulfonamides is 1. The van der Waals surface area contributed by atoms with Crippen molar-refractivity contribution in [3.63, 3.8) is 0 Å². The van der Waals surface area contributed by atoms with Crippen molar-refractivity contribution in [3.8, 4) is 11.1 Å². The molecule has 5 nitrogen and oxygen atoms in total. The Morgan fingerprint density at radius 2 is 1.74 bits per heavy atom. The summed E-state index contributed by atoms with van der Waals surface area (Å²) in [7, 11) is 0.248. The van der Waals surface area contributed by atoms with Crippen LogP contribution in [0.1, 0.15) is 18.6 Å². The molecular weight excluding hydrogens is 360 g/mol. The highest BCUT2D eigenvalue weighted by molar-refractivity contribution is 7.89. The topological polar surface area (TPSA) is 49.9 Å². The quantitative estimate of drug-likeness (QED) is 0.793. The summed E-state index contributed by atoms with van der Waals surface area (Å²) < 4.78 is 33.6. The molecule has 2 aliphatic rings. The molecule has 0 bridgehead atoms. The third-order valence-corrected chi connectivity index (χ3v) is 7.61. The second kappa shape index (κ2) is 6.71. The van der Waals surface area contributed by atoms with E-state index in [1.54, 1.807) is 23.5 Å². The molecule has 2 aliphatic heterocycles. The standard InChI is InChI=1S/C21H26N2O3S/c1-16(26-3)17-7-6-8-18(11-17)19-9-4-5-10-20(19)27(24,25)23-14-21(15-23)12-22(2)13-21/h4-11,16H,12-15H2,1-3H3. The van der Waals surface area contributed by atoms with E-state index in [4.69, 9.17) is 4.74 Å². The van der Waals surface area contributed by atoms with Gasteiger partial charge in [0.15, 0.2) is 0 Å². The van der Waals surface area contributed by atoms with Crippen LogP contribution >= 0.6 is 0 Å². The lowest BCUT2D eigenvalue weighted by Crippen LogP contribution is -2.71. The third-order valence-electron chi connectivity index (χ3n) is 5.76. The summed E-state index contributed by atoms with van der Waals surface area (Å²) in [6.45, 7) is 5.19. The van der Waals surface area contributed by atoms with Crippen molar-refractivity contribution >= 4 is 10.0 Å². The number of benzene rings is 2. The van der Waals surface area contributed by atoms with Gasteiger partial charge < -0.3 is 9.64 Å². The highest BCUT2D eigenvalue weighted by Crippen LogP contribution is 2.42. The lowest BCUT2D eigenvalue weighted by Gasteiger charge is -2.58. The molecule has 0 aliphatic carbocycles. The van der Waals surface area contributed by atoms with Crippen LogP contribution in [0.4, 0.5) is 0 Å². The first-order valence-electron chi connectivity index (χ1n) is 9.26. The van der Waals surface area contributed by atoms with Crippen LogP contribution in [0.2, 0.25) is 0 Å². The fraction of sp³-hybridized carbons (Fsp3) is 0.429. The minimum atomic E-state index is -3.50. The molecule has 0 radical (unpaired) electrons. The largest absolute Gasteiger partial charge is 0.377 e. The Balaban J connectivity index is 1.66. The SMILES string of the molecule is COC(C)c1cccc(-c2ccccc2S(=O)(=O)N2CC3(CN(C)C3)C2)c1. The Morgan fingerprint density at radius 3 is 2.41 bits per heavy atom. The molecule has 2 saturated heterocycles. The Labute approximate surface area is 161 Å². The minimum Gasteiger partial charge on any atom is -0.377 e. The molecule has 1 unspecified atom stereocenters. The van der Waals surface area contributed by atoms with Crippen LogP contribution in [0.25, 0.3) is 11.1 Å². The maximum absolute atomic E-state index is 13.3. The van der Waals surface area contributed by atoms with Crippen LogP contribution in [0.15, 0.2) is 53.4 Å². The average molecular weight is 387 g/mol. The van der Waals surface area contributed by atoms with Crippen LogP contribution in [-0.4, -0.2) is 58.0 Å². The molecule has 2 aromatic rings. The Kier molecular flexibility index (Phi) is 4.63. The van der Waals surface area contributed by atoms with Gasteiger partial charge in [-0.25, -0.2) is 8.42 Å². The maximum atomic E-state index is 13.3. The lowest BCUT2D eigenvalue weighted by atomic mass is 9.75. The first kappa shape index (κ1) is 18.6. The molecule has 0 saturated carbocycles. The number of likely N-dealkylation sites (tertiary alicyclic amines) is 1. The second-order valence-corrected chi connectivity index (χ2v) is 9.85. The Bertz CT molecular complexity index is 943. The van der Waals surface area contributed by atoms with Crippen molar-refractivity contribution in [1.29, 1.82) is 0 Å². The number of hydrogen-bond donors (Lipinski definition) is 0. The lowest BCUT2D eigenvalue weighted by molar-refractivity contribution is -0.0672. The number of nitrogens with zero attached hydrogens (tertiary/aromatic N) is 2. The van der Waals surface area contributed by atoms with E-state index in [-0.39, 0.29) is 11.5 Å². The predicted molar refractivity (Wildman–Crippen MR) is 106 cm³/mol. The summed E-state index contributed by atoms with van der Waals surface area (Å²) >= 11 is 0.